The predicted molar refractivity (Wildman–Crippen MR) is 77.9 cm³/mol. The molecule has 0 saturated carbocycles. The van der Waals surface area contributed by atoms with Crippen LogP contribution in [-0.2, 0) is 0 Å². The summed E-state index contributed by atoms with van der Waals surface area (Å²) in [4.78, 5) is 5.07. The van der Waals surface area contributed by atoms with Gasteiger partial charge in [0.05, 0.1) is 0 Å². The van der Waals surface area contributed by atoms with E-state index in [9.17, 15) is 0 Å². The fraction of sp³-hybridized carbons (Fsp3) is 1.00. The van der Waals surface area contributed by atoms with Crippen LogP contribution >= 0.6 is 0 Å². The van der Waals surface area contributed by atoms with Gasteiger partial charge in [0, 0.05) is 25.2 Å². The Balaban J connectivity index is 1.73. The lowest BCUT2D eigenvalue weighted by Gasteiger charge is -2.40. The Bertz CT molecular complexity index is 256. The number of hydrogen-bond donors (Lipinski definition) is 1. The van der Waals surface area contributed by atoms with E-state index in [2.05, 4.69) is 42.9 Å². The van der Waals surface area contributed by atoms with Gasteiger partial charge in [-0.15, -0.1) is 0 Å². The van der Waals surface area contributed by atoms with E-state index < -0.39 is 0 Å². The van der Waals surface area contributed by atoms with Crippen LogP contribution in [0.5, 0.6) is 0 Å². The maximum atomic E-state index is 3.86. The molecule has 2 aliphatic rings. The molecule has 2 fully saturated rings. The average Bonchev–Trinajstić information content (AvgIpc) is 2.80. The predicted octanol–water partition coefficient (Wildman–Crippen LogP) is 1.65. The maximum absolute atomic E-state index is 3.86. The first kappa shape index (κ1) is 14.3. The van der Waals surface area contributed by atoms with E-state index in [0.717, 1.165) is 23.9 Å². The monoisotopic (exact) mass is 253 g/mol. The van der Waals surface area contributed by atoms with E-state index >= 15 is 0 Å². The van der Waals surface area contributed by atoms with E-state index in [0.29, 0.717) is 0 Å². The molecule has 3 nitrogen and oxygen atoms in total. The summed E-state index contributed by atoms with van der Waals surface area (Å²) in [5, 5.41) is 3.86. The molecule has 0 radical (unpaired) electrons. The third-order valence-corrected chi connectivity index (χ3v) is 5.10. The van der Waals surface area contributed by atoms with Crippen LogP contribution in [0.3, 0.4) is 0 Å². The number of likely N-dealkylation sites (tertiary alicyclic amines) is 2. The Morgan fingerprint density at radius 3 is 2.67 bits per heavy atom. The molecule has 0 amide bonds. The molecule has 2 heterocycles. The van der Waals surface area contributed by atoms with Gasteiger partial charge in [-0.1, -0.05) is 13.8 Å². The minimum Gasteiger partial charge on any atom is -0.313 e. The molecule has 0 bridgehead atoms. The molecule has 4 atom stereocenters. The van der Waals surface area contributed by atoms with Crippen molar-refractivity contribution in [2.45, 2.75) is 45.7 Å². The lowest BCUT2D eigenvalue weighted by Crippen LogP contribution is -2.51. The molecular weight excluding hydrogens is 222 g/mol. The van der Waals surface area contributed by atoms with Crippen molar-refractivity contribution in [3.05, 3.63) is 0 Å². The summed E-state index contributed by atoms with van der Waals surface area (Å²) in [5.41, 5.74) is 0. The van der Waals surface area contributed by atoms with Gasteiger partial charge in [-0.25, -0.2) is 0 Å². The van der Waals surface area contributed by atoms with Crippen molar-refractivity contribution in [1.82, 2.24) is 15.1 Å². The van der Waals surface area contributed by atoms with Crippen LogP contribution in [0.25, 0.3) is 0 Å². The molecular formula is C15H31N3. The number of hydrogen-bond acceptors (Lipinski definition) is 3. The van der Waals surface area contributed by atoms with Gasteiger partial charge in [-0.05, 0) is 58.3 Å². The molecule has 2 rings (SSSR count). The molecule has 2 aliphatic heterocycles. The van der Waals surface area contributed by atoms with Crippen LogP contribution in [0.1, 0.15) is 33.6 Å². The molecule has 0 aromatic rings. The Morgan fingerprint density at radius 1 is 1.22 bits per heavy atom. The van der Waals surface area contributed by atoms with Crippen molar-refractivity contribution in [2.24, 2.45) is 11.8 Å². The molecule has 0 aliphatic carbocycles. The van der Waals surface area contributed by atoms with Crippen LogP contribution < -0.4 is 5.32 Å². The summed E-state index contributed by atoms with van der Waals surface area (Å²) >= 11 is 0. The highest BCUT2D eigenvalue weighted by Crippen LogP contribution is 2.22. The smallest absolute Gasteiger partial charge is 0.0120 e. The van der Waals surface area contributed by atoms with Crippen LogP contribution in [0.15, 0.2) is 0 Å². The van der Waals surface area contributed by atoms with Crippen LogP contribution in [0, 0.1) is 11.8 Å². The zero-order valence-electron chi connectivity index (χ0n) is 12.7. The summed E-state index contributed by atoms with van der Waals surface area (Å²) in [6, 6.07) is 1.46. The largest absolute Gasteiger partial charge is 0.313 e. The lowest BCUT2D eigenvalue weighted by atomic mass is 9.89. The van der Waals surface area contributed by atoms with Crippen molar-refractivity contribution in [2.75, 3.05) is 39.8 Å². The third kappa shape index (κ3) is 3.46. The van der Waals surface area contributed by atoms with E-state index in [4.69, 9.17) is 0 Å². The van der Waals surface area contributed by atoms with E-state index in [1.54, 1.807) is 0 Å². The zero-order chi connectivity index (χ0) is 13.1. The highest BCUT2D eigenvalue weighted by atomic mass is 15.2. The van der Waals surface area contributed by atoms with E-state index in [1.807, 2.05) is 0 Å². The molecule has 0 aromatic heterocycles. The Labute approximate surface area is 113 Å². The number of piperidine rings is 1. The summed E-state index contributed by atoms with van der Waals surface area (Å²) < 4.78 is 0. The van der Waals surface area contributed by atoms with E-state index in [1.165, 1.54) is 45.6 Å². The van der Waals surface area contributed by atoms with Gasteiger partial charge in [0.25, 0.3) is 0 Å². The molecule has 0 aromatic carbocycles. The lowest BCUT2D eigenvalue weighted by molar-refractivity contribution is 0.119. The summed E-state index contributed by atoms with van der Waals surface area (Å²) in [5.74, 6) is 1.67. The molecule has 3 heteroatoms. The number of nitrogens with zero attached hydrogens (tertiary/aromatic N) is 2. The topological polar surface area (TPSA) is 18.5 Å². The van der Waals surface area contributed by atoms with Crippen molar-refractivity contribution in [3.63, 3.8) is 0 Å². The van der Waals surface area contributed by atoms with E-state index in [-0.39, 0.29) is 0 Å². The molecule has 1 N–H and O–H groups in total. The van der Waals surface area contributed by atoms with Crippen LogP contribution in [0.2, 0.25) is 0 Å². The Hall–Kier alpha value is -0.120. The summed E-state index contributed by atoms with van der Waals surface area (Å²) in [6.07, 6.45) is 2.69. The summed E-state index contributed by atoms with van der Waals surface area (Å²) in [7, 11) is 2.26. The zero-order valence-corrected chi connectivity index (χ0v) is 12.7. The van der Waals surface area contributed by atoms with Gasteiger partial charge in [0.1, 0.15) is 0 Å². The van der Waals surface area contributed by atoms with Gasteiger partial charge in [-0.3, -0.25) is 0 Å². The maximum Gasteiger partial charge on any atom is 0.0120 e. The van der Waals surface area contributed by atoms with Gasteiger partial charge < -0.3 is 15.1 Å². The van der Waals surface area contributed by atoms with Crippen molar-refractivity contribution >= 4 is 0 Å². The first-order valence-corrected chi connectivity index (χ1v) is 7.76. The Kier molecular flexibility index (Phi) is 5.05. The fourth-order valence-corrected chi connectivity index (χ4v) is 3.51. The molecule has 106 valence electrons. The van der Waals surface area contributed by atoms with Crippen LogP contribution in [-0.4, -0.2) is 61.7 Å². The quantitative estimate of drug-likeness (QED) is 0.822. The fourth-order valence-electron chi connectivity index (χ4n) is 3.51. The average molecular weight is 253 g/mol. The second-order valence-corrected chi connectivity index (χ2v) is 6.56. The number of nitrogens with one attached hydrogen (secondary N) is 1. The first-order valence-electron chi connectivity index (χ1n) is 7.76. The minimum atomic E-state index is 0.729. The third-order valence-electron chi connectivity index (χ3n) is 5.10. The van der Waals surface area contributed by atoms with Crippen molar-refractivity contribution in [1.29, 1.82) is 0 Å². The highest BCUT2D eigenvalue weighted by Gasteiger charge is 2.29. The molecule has 0 spiro atoms. The first-order chi connectivity index (χ1) is 8.60. The summed E-state index contributed by atoms with van der Waals surface area (Å²) in [6.45, 7) is 13.3. The second kappa shape index (κ2) is 6.36. The molecule has 4 unspecified atom stereocenters. The molecule has 2 saturated heterocycles. The highest BCUT2D eigenvalue weighted by molar-refractivity contribution is 4.87. The van der Waals surface area contributed by atoms with Gasteiger partial charge in [-0.2, -0.15) is 0 Å². The Morgan fingerprint density at radius 2 is 2.00 bits per heavy atom. The van der Waals surface area contributed by atoms with Crippen molar-refractivity contribution < 1.29 is 0 Å². The van der Waals surface area contributed by atoms with Gasteiger partial charge in [0.2, 0.25) is 0 Å². The normalized spacial score (nSPS) is 39.3. The minimum absolute atomic E-state index is 0.729. The van der Waals surface area contributed by atoms with Gasteiger partial charge in [0.15, 0.2) is 0 Å². The standard InChI is InChI=1S/C15H31N3/c1-5-18-7-6-14(11-18)9-16-15-8-13(3)17(4)10-12(15)2/h12-16H,5-11H2,1-4H3. The van der Waals surface area contributed by atoms with Crippen molar-refractivity contribution in [3.8, 4) is 0 Å². The van der Waals surface area contributed by atoms with Gasteiger partial charge >= 0.3 is 0 Å². The SMILES string of the molecule is CCN1CCC(CNC2CC(C)N(C)CC2C)C1. The number of rotatable bonds is 4. The van der Waals surface area contributed by atoms with Crippen LogP contribution in [0.4, 0.5) is 0 Å². The molecule has 18 heavy (non-hydrogen) atoms. The second-order valence-electron chi connectivity index (χ2n) is 6.56.